The molecular weight excluding hydrogens is 474 g/mol. The number of aromatic nitrogens is 2. The van der Waals surface area contributed by atoms with Gasteiger partial charge < -0.3 is 10.3 Å². The van der Waals surface area contributed by atoms with Crippen molar-refractivity contribution >= 4 is 11.7 Å². The Balaban J connectivity index is 1.43. The molecule has 0 fully saturated rings. The van der Waals surface area contributed by atoms with Gasteiger partial charge in [-0.1, -0.05) is 18.2 Å². The number of aromatic amines is 1. The summed E-state index contributed by atoms with van der Waals surface area (Å²) < 4.78 is 56.3. The number of fused-ring (bicyclic) bond motifs is 1. The highest BCUT2D eigenvalue weighted by Crippen LogP contribution is 2.36. The molecule has 0 aliphatic carbocycles. The molecule has 0 unspecified atom stereocenters. The van der Waals surface area contributed by atoms with Crippen LogP contribution in [0, 0.1) is 30.2 Å². The topological polar surface area (TPSA) is 74.8 Å². The minimum Gasteiger partial charge on any atom is -0.348 e. The number of rotatable bonds is 6. The number of hydrogen-bond acceptors (Lipinski definition) is 3. The predicted octanol–water partition coefficient (Wildman–Crippen LogP) is 5.21. The number of carbonyl (C=O) groups excluding carboxylic acids is 2. The van der Waals surface area contributed by atoms with Crippen LogP contribution in [0.25, 0.3) is 22.5 Å². The SMILES string of the molecule is Cc1cnc(-c2ccc(-c3ccc(CC(=O)Cc4c(F)ccc(F)c4F)cc3F)c3c2C(=O)NC3)[nH]1. The molecule has 5 nitrogen and oxygen atoms in total. The van der Waals surface area contributed by atoms with Gasteiger partial charge in [0.2, 0.25) is 0 Å². The van der Waals surface area contributed by atoms with E-state index < -0.39 is 41.0 Å². The van der Waals surface area contributed by atoms with Gasteiger partial charge in [0.15, 0.2) is 11.6 Å². The van der Waals surface area contributed by atoms with Crippen molar-refractivity contribution in [2.24, 2.45) is 0 Å². The lowest BCUT2D eigenvalue weighted by atomic mass is 9.91. The molecule has 2 N–H and O–H groups in total. The standard InChI is InChI=1S/C27H19F4N3O2/c1-13-11-32-26(34-13)18-5-4-16(20-12-33-27(36)24(18)20)17-3-2-14(9-23(17)30)8-15(35)10-19-21(28)6-7-22(29)25(19)31/h2-7,9,11H,8,10,12H2,1H3,(H,32,34)(H,33,36). The molecule has 0 bridgehead atoms. The third-order valence-corrected chi connectivity index (χ3v) is 6.16. The van der Waals surface area contributed by atoms with Crippen LogP contribution in [-0.2, 0) is 24.2 Å². The first-order valence-electron chi connectivity index (χ1n) is 11.1. The molecular formula is C27H19F4N3O2. The Hall–Kier alpha value is -4.27. The number of nitrogens with zero attached hydrogens (tertiary/aromatic N) is 1. The zero-order valence-corrected chi connectivity index (χ0v) is 19.0. The van der Waals surface area contributed by atoms with E-state index in [0.29, 0.717) is 39.7 Å². The Bertz CT molecular complexity index is 1540. The number of hydrogen-bond donors (Lipinski definition) is 2. The summed E-state index contributed by atoms with van der Waals surface area (Å²) in [5.74, 6) is -4.64. The van der Waals surface area contributed by atoms with Crippen LogP contribution < -0.4 is 5.32 Å². The molecule has 0 saturated heterocycles. The lowest BCUT2D eigenvalue weighted by molar-refractivity contribution is -0.117. The number of imidazole rings is 1. The number of amides is 1. The van der Waals surface area contributed by atoms with Gasteiger partial charge in [-0.05, 0) is 47.9 Å². The maximum absolute atomic E-state index is 15.2. The second kappa shape index (κ2) is 9.07. The minimum atomic E-state index is -1.41. The molecule has 0 radical (unpaired) electrons. The van der Waals surface area contributed by atoms with Gasteiger partial charge in [-0.2, -0.15) is 0 Å². The average molecular weight is 493 g/mol. The van der Waals surface area contributed by atoms with Crippen LogP contribution in [0.1, 0.15) is 32.7 Å². The lowest BCUT2D eigenvalue weighted by Crippen LogP contribution is -2.13. The fourth-order valence-electron chi connectivity index (χ4n) is 4.45. The second-order valence-corrected chi connectivity index (χ2v) is 8.64. The molecule has 5 rings (SSSR count). The van der Waals surface area contributed by atoms with Gasteiger partial charge in [0.1, 0.15) is 23.2 Å². The summed E-state index contributed by atoms with van der Waals surface area (Å²) in [6.07, 6.45) is 0.703. The smallest absolute Gasteiger partial charge is 0.252 e. The summed E-state index contributed by atoms with van der Waals surface area (Å²) in [4.78, 5) is 32.4. The van der Waals surface area contributed by atoms with Gasteiger partial charge in [0.05, 0.1) is 5.56 Å². The van der Waals surface area contributed by atoms with Crippen LogP contribution in [0.2, 0.25) is 0 Å². The molecule has 0 atom stereocenters. The fourth-order valence-corrected chi connectivity index (χ4v) is 4.45. The number of Topliss-reactive ketones (excluding diaryl/α,β-unsaturated/α-hetero) is 1. The van der Waals surface area contributed by atoms with E-state index in [9.17, 15) is 22.8 Å². The maximum atomic E-state index is 15.2. The molecule has 2 heterocycles. The van der Waals surface area contributed by atoms with Crippen molar-refractivity contribution in [1.29, 1.82) is 0 Å². The van der Waals surface area contributed by atoms with E-state index in [1.54, 1.807) is 18.3 Å². The van der Waals surface area contributed by atoms with Gasteiger partial charge in [-0.25, -0.2) is 22.5 Å². The maximum Gasteiger partial charge on any atom is 0.252 e. The number of ketones is 1. The quantitative estimate of drug-likeness (QED) is 0.286. The molecule has 1 aliphatic rings. The molecule has 0 saturated carbocycles. The fraction of sp³-hybridized carbons (Fsp3) is 0.148. The Labute approximate surface area is 203 Å². The van der Waals surface area contributed by atoms with Crippen LogP contribution in [0.15, 0.2) is 48.7 Å². The second-order valence-electron chi connectivity index (χ2n) is 8.64. The van der Waals surface area contributed by atoms with Crippen molar-refractivity contribution in [2.75, 3.05) is 0 Å². The van der Waals surface area contributed by atoms with Gasteiger partial charge in [0.25, 0.3) is 5.91 Å². The first-order valence-corrected chi connectivity index (χ1v) is 11.1. The summed E-state index contributed by atoms with van der Waals surface area (Å²) in [6, 6.07) is 9.03. The van der Waals surface area contributed by atoms with Crippen LogP contribution in [-0.4, -0.2) is 21.7 Å². The first kappa shape index (κ1) is 23.5. The van der Waals surface area contributed by atoms with Crippen LogP contribution >= 0.6 is 0 Å². The summed E-state index contributed by atoms with van der Waals surface area (Å²) in [6.45, 7) is 2.07. The van der Waals surface area contributed by atoms with Gasteiger partial charge >= 0.3 is 0 Å². The molecule has 1 amide bonds. The monoisotopic (exact) mass is 493 g/mol. The van der Waals surface area contributed by atoms with E-state index in [1.807, 2.05) is 6.92 Å². The summed E-state index contributed by atoms with van der Waals surface area (Å²) in [7, 11) is 0. The number of benzene rings is 3. The van der Waals surface area contributed by atoms with Crippen LogP contribution in [0.4, 0.5) is 17.6 Å². The van der Waals surface area contributed by atoms with Crippen molar-refractivity contribution in [1.82, 2.24) is 15.3 Å². The number of aryl methyl sites for hydroxylation is 1. The molecule has 9 heteroatoms. The van der Waals surface area contributed by atoms with E-state index in [-0.39, 0.29) is 24.4 Å². The molecule has 0 spiro atoms. The number of H-pyrrole nitrogens is 1. The first-order chi connectivity index (χ1) is 17.2. The Kier molecular flexibility index (Phi) is 5.91. The molecule has 1 aromatic heterocycles. The number of carbonyl (C=O) groups is 2. The Morgan fingerprint density at radius 2 is 1.64 bits per heavy atom. The van der Waals surface area contributed by atoms with Gasteiger partial charge in [-0.3, -0.25) is 9.59 Å². The molecule has 3 aromatic carbocycles. The molecule has 182 valence electrons. The molecule has 1 aliphatic heterocycles. The predicted molar refractivity (Wildman–Crippen MR) is 124 cm³/mol. The average Bonchev–Trinajstić information content (AvgIpc) is 3.45. The van der Waals surface area contributed by atoms with E-state index in [1.165, 1.54) is 18.2 Å². The van der Waals surface area contributed by atoms with Gasteiger partial charge in [0, 0.05) is 48.0 Å². The number of nitrogens with one attached hydrogen (secondary N) is 2. The zero-order valence-electron chi connectivity index (χ0n) is 19.0. The van der Waals surface area contributed by atoms with E-state index in [0.717, 1.165) is 11.8 Å². The van der Waals surface area contributed by atoms with Crippen molar-refractivity contribution in [2.45, 2.75) is 26.3 Å². The molecule has 36 heavy (non-hydrogen) atoms. The highest BCUT2D eigenvalue weighted by atomic mass is 19.2. The van der Waals surface area contributed by atoms with E-state index >= 15 is 4.39 Å². The third kappa shape index (κ3) is 4.17. The van der Waals surface area contributed by atoms with Gasteiger partial charge in [-0.15, -0.1) is 0 Å². The Morgan fingerprint density at radius 3 is 2.36 bits per heavy atom. The highest BCUT2D eigenvalue weighted by molar-refractivity contribution is 6.06. The summed E-state index contributed by atoms with van der Waals surface area (Å²) >= 11 is 0. The number of halogens is 4. The van der Waals surface area contributed by atoms with Crippen molar-refractivity contribution in [3.05, 3.63) is 99.9 Å². The Morgan fingerprint density at radius 1 is 0.917 bits per heavy atom. The lowest BCUT2D eigenvalue weighted by Gasteiger charge is -2.12. The third-order valence-electron chi connectivity index (χ3n) is 6.16. The van der Waals surface area contributed by atoms with Crippen LogP contribution in [0.3, 0.4) is 0 Å². The van der Waals surface area contributed by atoms with Crippen molar-refractivity contribution in [3.63, 3.8) is 0 Å². The van der Waals surface area contributed by atoms with Crippen molar-refractivity contribution < 1.29 is 27.2 Å². The minimum absolute atomic E-state index is 0.224. The summed E-state index contributed by atoms with van der Waals surface area (Å²) in [5.41, 5.74) is 2.89. The summed E-state index contributed by atoms with van der Waals surface area (Å²) in [5, 5.41) is 2.77. The van der Waals surface area contributed by atoms with Crippen LogP contribution in [0.5, 0.6) is 0 Å². The highest BCUT2D eigenvalue weighted by Gasteiger charge is 2.28. The largest absolute Gasteiger partial charge is 0.348 e. The zero-order chi connectivity index (χ0) is 25.6. The molecule has 4 aromatic rings. The van der Waals surface area contributed by atoms with E-state index in [4.69, 9.17) is 0 Å². The van der Waals surface area contributed by atoms with E-state index in [2.05, 4.69) is 15.3 Å². The normalized spacial score (nSPS) is 12.5. The van der Waals surface area contributed by atoms with Crippen molar-refractivity contribution in [3.8, 4) is 22.5 Å².